The van der Waals surface area contributed by atoms with Crippen molar-refractivity contribution in [1.29, 1.82) is 0 Å². The molecule has 6 nitrogen and oxygen atoms in total. The Morgan fingerprint density at radius 3 is 2.60 bits per heavy atom. The van der Waals surface area contributed by atoms with Crippen molar-refractivity contribution in [2.24, 2.45) is 7.05 Å². The summed E-state index contributed by atoms with van der Waals surface area (Å²) in [5.74, 6) is 0.518. The summed E-state index contributed by atoms with van der Waals surface area (Å²) in [5, 5.41) is 7.21. The minimum absolute atomic E-state index is 0.169. The molecule has 0 saturated carbocycles. The molecule has 1 N–H and O–H groups in total. The third-order valence-corrected chi connectivity index (χ3v) is 4.75. The molecule has 0 atom stereocenters. The molecule has 0 saturated heterocycles. The second-order valence-electron chi connectivity index (χ2n) is 7.02. The number of rotatable bonds is 6. The summed E-state index contributed by atoms with van der Waals surface area (Å²) in [6.45, 7) is 2.35. The molecule has 2 aromatic heterocycles. The van der Waals surface area contributed by atoms with E-state index in [9.17, 15) is 4.79 Å². The van der Waals surface area contributed by atoms with Crippen LogP contribution < -0.4 is 10.1 Å². The molecule has 2 aromatic carbocycles. The first kappa shape index (κ1) is 19.4. The lowest BCUT2D eigenvalue weighted by Crippen LogP contribution is -2.12. The number of pyridine rings is 1. The van der Waals surface area contributed by atoms with Crippen LogP contribution in [0.1, 0.15) is 21.6 Å². The van der Waals surface area contributed by atoms with E-state index < -0.39 is 0 Å². The number of aromatic nitrogens is 3. The first-order valence-electron chi connectivity index (χ1n) is 9.62. The Morgan fingerprint density at radius 2 is 1.90 bits per heavy atom. The van der Waals surface area contributed by atoms with Gasteiger partial charge in [-0.1, -0.05) is 18.2 Å². The number of nitrogens with one attached hydrogen (secondary N) is 1. The molecular weight excluding hydrogens is 376 g/mol. The Hall–Kier alpha value is -3.93. The Labute approximate surface area is 175 Å². The van der Waals surface area contributed by atoms with E-state index in [1.54, 1.807) is 41.3 Å². The van der Waals surface area contributed by atoms with Crippen LogP contribution in [-0.4, -0.2) is 20.7 Å². The molecule has 4 aromatic rings. The minimum atomic E-state index is -0.169. The van der Waals surface area contributed by atoms with E-state index in [4.69, 9.17) is 4.74 Å². The average Bonchev–Trinajstić information content (AvgIpc) is 3.21. The summed E-state index contributed by atoms with van der Waals surface area (Å²) >= 11 is 0. The van der Waals surface area contributed by atoms with E-state index >= 15 is 0 Å². The number of hydrogen-bond acceptors (Lipinski definition) is 4. The summed E-state index contributed by atoms with van der Waals surface area (Å²) in [6.07, 6.45) is 5.48. The van der Waals surface area contributed by atoms with E-state index in [1.807, 2.05) is 56.6 Å². The van der Waals surface area contributed by atoms with Crippen LogP contribution in [0.2, 0.25) is 0 Å². The first-order chi connectivity index (χ1) is 14.6. The van der Waals surface area contributed by atoms with Gasteiger partial charge in [-0.2, -0.15) is 5.10 Å². The molecule has 0 aliphatic carbocycles. The maximum absolute atomic E-state index is 12.7. The van der Waals surface area contributed by atoms with Gasteiger partial charge in [-0.05, 0) is 60.5 Å². The third kappa shape index (κ3) is 4.55. The molecule has 4 rings (SSSR count). The normalized spacial score (nSPS) is 10.6. The standard InChI is InChI=1S/C24H22N4O2/c1-17-6-7-19(20-14-26-28(2)15-20)13-23(17)27-24(29)18-8-10-22(11-9-18)30-16-21-5-3-4-12-25-21/h3-15H,16H2,1-2H3,(H,27,29). The smallest absolute Gasteiger partial charge is 0.255 e. The maximum Gasteiger partial charge on any atom is 0.255 e. The van der Waals surface area contributed by atoms with Gasteiger partial charge in [-0.15, -0.1) is 0 Å². The molecule has 0 aliphatic rings. The second-order valence-corrected chi connectivity index (χ2v) is 7.02. The maximum atomic E-state index is 12.7. The zero-order valence-electron chi connectivity index (χ0n) is 16.9. The fourth-order valence-corrected chi connectivity index (χ4v) is 3.04. The van der Waals surface area contributed by atoms with Crippen molar-refractivity contribution >= 4 is 11.6 Å². The van der Waals surface area contributed by atoms with Gasteiger partial charge in [0.1, 0.15) is 12.4 Å². The van der Waals surface area contributed by atoms with Crippen LogP contribution in [0, 0.1) is 6.92 Å². The Bertz CT molecular complexity index is 1150. The lowest BCUT2D eigenvalue weighted by molar-refractivity contribution is 0.102. The van der Waals surface area contributed by atoms with Crippen molar-refractivity contribution in [2.75, 3.05) is 5.32 Å². The van der Waals surface area contributed by atoms with Crippen LogP contribution in [0.4, 0.5) is 5.69 Å². The topological polar surface area (TPSA) is 69.0 Å². The van der Waals surface area contributed by atoms with Crippen molar-refractivity contribution in [1.82, 2.24) is 14.8 Å². The number of benzene rings is 2. The Kier molecular flexibility index (Phi) is 5.57. The van der Waals surface area contributed by atoms with Gasteiger partial charge in [0.25, 0.3) is 5.91 Å². The van der Waals surface area contributed by atoms with E-state index in [2.05, 4.69) is 15.4 Å². The molecule has 6 heteroatoms. The Balaban J connectivity index is 1.43. The minimum Gasteiger partial charge on any atom is -0.487 e. The van der Waals surface area contributed by atoms with Crippen molar-refractivity contribution in [3.8, 4) is 16.9 Å². The van der Waals surface area contributed by atoms with Crippen LogP contribution in [0.15, 0.2) is 79.3 Å². The molecular formula is C24H22N4O2. The molecule has 1 amide bonds. The van der Waals surface area contributed by atoms with Gasteiger partial charge >= 0.3 is 0 Å². The van der Waals surface area contributed by atoms with Crippen LogP contribution in [0.3, 0.4) is 0 Å². The molecule has 0 unspecified atom stereocenters. The highest BCUT2D eigenvalue weighted by Crippen LogP contribution is 2.25. The molecule has 0 aliphatic heterocycles. The molecule has 30 heavy (non-hydrogen) atoms. The van der Waals surface area contributed by atoms with E-state index in [0.29, 0.717) is 17.9 Å². The summed E-state index contributed by atoms with van der Waals surface area (Å²) in [6, 6.07) is 18.8. The SMILES string of the molecule is Cc1ccc(-c2cnn(C)c2)cc1NC(=O)c1ccc(OCc2ccccn2)cc1. The van der Waals surface area contributed by atoms with Crippen LogP contribution in [0.25, 0.3) is 11.1 Å². The average molecular weight is 398 g/mol. The number of aryl methyl sites for hydroxylation is 2. The largest absolute Gasteiger partial charge is 0.487 e. The van der Waals surface area contributed by atoms with Gasteiger partial charge in [0, 0.05) is 36.3 Å². The number of nitrogens with zero attached hydrogens (tertiary/aromatic N) is 3. The van der Waals surface area contributed by atoms with Crippen molar-refractivity contribution in [2.45, 2.75) is 13.5 Å². The Morgan fingerprint density at radius 1 is 1.07 bits per heavy atom. The highest BCUT2D eigenvalue weighted by atomic mass is 16.5. The highest BCUT2D eigenvalue weighted by molar-refractivity contribution is 6.05. The van der Waals surface area contributed by atoms with Crippen molar-refractivity contribution in [3.63, 3.8) is 0 Å². The van der Waals surface area contributed by atoms with Crippen molar-refractivity contribution < 1.29 is 9.53 Å². The van der Waals surface area contributed by atoms with Crippen LogP contribution in [-0.2, 0) is 13.7 Å². The van der Waals surface area contributed by atoms with Gasteiger partial charge in [-0.3, -0.25) is 14.5 Å². The summed E-state index contributed by atoms with van der Waals surface area (Å²) in [4.78, 5) is 17.0. The second kappa shape index (κ2) is 8.61. The van der Waals surface area contributed by atoms with E-state index in [1.165, 1.54) is 0 Å². The predicted molar refractivity (Wildman–Crippen MR) is 116 cm³/mol. The lowest BCUT2D eigenvalue weighted by atomic mass is 10.1. The summed E-state index contributed by atoms with van der Waals surface area (Å²) in [5.41, 5.74) is 5.18. The number of hydrogen-bond donors (Lipinski definition) is 1. The van der Waals surface area contributed by atoms with Gasteiger partial charge < -0.3 is 10.1 Å². The van der Waals surface area contributed by atoms with Gasteiger partial charge in [-0.25, -0.2) is 0 Å². The van der Waals surface area contributed by atoms with Crippen LogP contribution in [0.5, 0.6) is 5.75 Å². The molecule has 0 spiro atoms. The molecule has 0 fully saturated rings. The van der Waals surface area contributed by atoms with Gasteiger partial charge in [0.05, 0.1) is 11.9 Å². The number of carbonyl (C=O) groups excluding carboxylic acids is 1. The number of carbonyl (C=O) groups is 1. The number of anilines is 1. The zero-order chi connectivity index (χ0) is 20.9. The number of amides is 1. The molecule has 2 heterocycles. The van der Waals surface area contributed by atoms with Crippen LogP contribution >= 0.6 is 0 Å². The first-order valence-corrected chi connectivity index (χ1v) is 9.62. The zero-order valence-corrected chi connectivity index (χ0v) is 16.9. The third-order valence-electron chi connectivity index (χ3n) is 4.75. The molecule has 150 valence electrons. The van der Waals surface area contributed by atoms with Gasteiger partial charge in [0.15, 0.2) is 0 Å². The lowest BCUT2D eigenvalue weighted by Gasteiger charge is -2.11. The fourth-order valence-electron chi connectivity index (χ4n) is 3.04. The highest BCUT2D eigenvalue weighted by Gasteiger charge is 2.10. The number of ether oxygens (including phenoxy) is 1. The fraction of sp³-hybridized carbons (Fsp3) is 0.125. The monoisotopic (exact) mass is 398 g/mol. The predicted octanol–water partition coefficient (Wildman–Crippen LogP) is 4.62. The molecule has 0 radical (unpaired) electrons. The van der Waals surface area contributed by atoms with Gasteiger partial charge in [0.2, 0.25) is 0 Å². The molecule has 0 bridgehead atoms. The summed E-state index contributed by atoms with van der Waals surface area (Å²) in [7, 11) is 1.88. The summed E-state index contributed by atoms with van der Waals surface area (Å²) < 4.78 is 7.48. The van der Waals surface area contributed by atoms with Crippen molar-refractivity contribution in [3.05, 3.63) is 96.1 Å². The quantitative estimate of drug-likeness (QED) is 0.514. The van der Waals surface area contributed by atoms with E-state index in [-0.39, 0.29) is 5.91 Å². The van der Waals surface area contributed by atoms with E-state index in [0.717, 1.165) is 28.1 Å².